The molecule has 18 heavy (non-hydrogen) atoms. The van der Waals surface area contributed by atoms with Crippen molar-refractivity contribution in [1.82, 2.24) is 5.32 Å². The van der Waals surface area contributed by atoms with Crippen LogP contribution in [0.4, 0.5) is 0 Å². The van der Waals surface area contributed by atoms with Gasteiger partial charge >= 0.3 is 0 Å². The molecule has 0 radical (unpaired) electrons. The van der Waals surface area contributed by atoms with Crippen molar-refractivity contribution in [2.75, 3.05) is 7.11 Å². The lowest BCUT2D eigenvalue weighted by atomic mass is 9.92. The summed E-state index contributed by atoms with van der Waals surface area (Å²) in [6.07, 6.45) is 3.93. The maximum Gasteiger partial charge on any atom is 0.123 e. The quantitative estimate of drug-likeness (QED) is 0.862. The van der Waals surface area contributed by atoms with Gasteiger partial charge in [0, 0.05) is 17.6 Å². The first kappa shape index (κ1) is 13.4. The summed E-state index contributed by atoms with van der Waals surface area (Å²) in [7, 11) is 1.70. The minimum atomic E-state index is -0.138. The molecule has 1 fully saturated rings. The van der Waals surface area contributed by atoms with Crippen LogP contribution in [0.3, 0.4) is 0 Å². The number of nitrogens with one attached hydrogen (secondary N) is 1. The number of hydrogen-bond acceptors (Lipinski definition) is 3. The summed E-state index contributed by atoms with van der Waals surface area (Å²) >= 11 is 0. The van der Waals surface area contributed by atoms with E-state index in [0.717, 1.165) is 31.4 Å². The first-order valence-corrected chi connectivity index (χ1v) is 6.77. The molecule has 1 aromatic rings. The number of para-hydroxylation sites is 1. The van der Waals surface area contributed by atoms with Gasteiger partial charge in [-0.3, -0.25) is 0 Å². The summed E-state index contributed by atoms with van der Waals surface area (Å²) in [4.78, 5) is 0. The van der Waals surface area contributed by atoms with Crippen molar-refractivity contribution >= 4 is 0 Å². The molecule has 0 aliphatic heterocycles. The second-order valence-corrected chi connectivity index (χ2v) is 5.15. The molecular formula is C15H23NO2. The Balaban J connectivity index is 2.00. The van der Waals surface area contributed by atoms with E-state index in [9.17, 15) is 5.11 Å². The van der Waals surface area contributed by atoms with E-state index in [2.05, 4.69) is 18.3 Å². The Kier molecular flexibility index (Phi) is 4.61. The zero-order chi connectivity index (χ0) is 13.0. The third kappa shape index (κ3) is 3.24. The van der Waals surface area contributed by atoms with Gasteiger partial charge in [0.25, 0.3) is 0 Å². The first-order valence-electron chi connectivity index (χ1n) is 6.77. The fraction of sp³-hybridized carbons (Fsp3) is 0.600. The van der Waals surface area contributed by atoms with Crippen LogP contribution in [0.2, 0.25) is 0 Å². The second-order valence-electron chi connectivity index (χ2n) is 5.15. The molecule has 1 aromatic carbocycles. The molecule has 3 atom stereocenters. The number of benzene rings is 1. The molecule has 3 unspecified atom stereocenters. The van der Waals surface area contributed by atoms with Crippen molar-refractivity contribution < 1.29 is 9.84 Å². The lowest BCUT2D eigenvalue weighted by Crippen LogP contribution is -2.37. The van der Waals surface area contributed by atoms with Crippen LogP contribution in [0.15, 0.2) is 24.3 Å². The summed E-state index contributed by atoms with van der Waals surface area (Å²) in [6, 6.07) is 8.76. The average molecular weight is 249 g/mol. The van der Waals surface area contributed by atoms with Crippen molar-refractivity contribution in [3.05, 3.63) is 29.8 Å². The van der Waals surface area contributed by atoms with Gasteiger partial charge in [-0.05, 0) is 38.7 Å². The second kappa shape index (κ2) is 6.21. The van der Waals surface area contributed by atoms with Gasteiger partial charge in [-0.2, -0.15) is 0 Å². The lowest BCUT2D eigenvalue weighted by molar-refractivity contribution is 0.109. The fourth-order valence-electron chi connectivity index (χ4n) is 2.78. The number of aliphatic hydroxyl groups is 1. The molecule has 0 spiro atoms. The van der Waals surface area contributed by atoms with Crippen molar-refractivity contribution in [2.45, 2.75) is 50.8 Å². The molecule has 0 amide bonds. The highest BCUT2D eigenvalue weighted by molar-refractivity contribution is 5.35. The van der Waals surface area contributed by atoms with Crippen LogP contribution in [-0.4, -0.2) is 24.4 Å². The third-order valence-corrected chi connectivity index (χ3v) is 3.74. The van der Waals surface area contributed by atoms with E-state index in [1.165, 1.54) is 5.56 Å². The molecule has 0 bridgehead atoms. The van der Waals surface area contributed by atoms with E-state index >= 15 is 0 Å². The number of aliphatic hydroxyl groups excluding tert-OH is 1. The molecule has 1 aliphatic rings. The van der Waals surface area contributed by atoms with Gasteiger partial charge in [0.15, 0.2) is 0 Å². The lowest BCUT2D eigenvalue weighted by Gasteiger charge is -2.30. The van der Waals surface area contributed by atoms with Crippen molar-refractivity contribution in [1.29, 1.82) is 0 Å². The Morgan fingerprint density at radius 1 is 1.33 bits per heavy atom. The van der Waals surface area contributed by atoms with Crippen LogP contribution < -0.4 is 10.1 Å². The Hall–Kier alpha value is -1.06. The molecule has 0 saturated heterocycles. The molecule has 0 heterocycles. The normalized spacial score (nSPS) is 25.7. The van der Waals surface area contributed by atoms with Crippen molar-refractivity contribution in [3.8, 4) is 5.75 Å². The maximum atomic E-state index is 9.70. The van der Waals surface area contributed by atoms with Gasteiger partial charge in [0.1, 0.15) is 5.75 Å². The Bertz CT molecular complexity index is 381. The summed E-state index contributed by atoms with van der Waals surface area (Å²) in [5, 5.41) is 13.3. The Labute approximate surface area is 109 Å². The number of methoxy groups -OCH3 is 1. The van der Waals surface area contributed by atoms with Crippen LogP contribution in [0.25, 0.3) is 0 Å². The van der Waals surface area contributed by atoms with Gasteiger partial charge in [0.2, 0.25) is 0 Å². The monoisotopic (exact) mass is 249 g/mol. The van der Waals surface area contributed by atoms with Crippen molar-refractivity contribution in [3.63, 3.8) is 0 Å². The minimum Gasteiger partial charge on any atom is -0.496 e. The summed E-state index contributed by atoms with van der Waals surface area (Å²) in [6.45, 7) is 2.15. The van der Waals surface area contributed by atoms with E-state index in [1.54, 1.807) is 7.11 Å². The van der Waals surface area contributed by atoms with Crippen LogP contribution in [0, 0.1) is 0 Å². The zero-order valence-corrected chi connectivity index (χ0v) is 11.2. The van der Waals surface area contributed by atoms with E-state index in [0.29, 0.717) is 6.04 Å². The van der Waals surface area contributed by atoms with Gasteiger partial charge < -0.3 is 15.2 Å². The summed E-state index contributed by atoms with van der Waals surface area (Å²) in [5.41, 5.74) is 1.18. The summed E-state index contributed by atoms with van der Waals surface area (Å²) in [5.74, 6) is 0.925. The van der Waals surface area contributed by atoms with Gasteiger partial charge in [-0.1, -0.05) is 18.2 Å². The van der Waals surface area contributed by atoms with Gasteiger partial charge in [-0.25, -0.2) is 0 Å². The highest BCUT2D eigenvalue weighted by Gasteiger charge is 2.22. The molecule has 2 rings (SSSR count). The average Bonchev–Trinajstić information content (AvgIpc) is 2.38. The van der Waals surface area contributed by atoms with Crippen molar-refractivity contribution in [2.24, 2.45) is 0 Å². The third-order valence-electron chi connectivity index (χ3n) is 3.74. The SMILES string of the molecule is COc1ccccc1C(C)NC1CCCC(O)C1. The molecule has 3 heteroatoms. The highest BCUT2D eigenvalue weighted by atomic mass is 16.5. The van der Waals surface area contributed by atoms with Crippen LogP contribution in [0.1, 0.15) is 44.2 Å². The van der Waals surface area contributed by atoms with Gasteiger partial charge in [-0.15, -0.1) is 0 Å². The number of ether oxygens (including phenoxy) is 1. The predicted molar refractivity (Wildman–Crippen MR) is 72.8 cm³/mol. The maximum absolute atomic E-state index is 9.70. The van der Waals surface area contributed by atoms with Crippen LogP contribution in [-0.2, 0) is 0 Å². The minimum absolute atomic E-state index is 0.138. The van der Waals surface area contributed by atoms with E-state index in [4.69, 9.17) is 4.74 Å². The summed E-state index contributed by atoms with van der Waals surface area (Å²) < 4.78 is 5.39. The van der Waals surface area contributed by atoms with Gasteiger partial charge in [0.05, 0.1) is 13.2 Å². The van der Waals surface area contributed by atoms with Crippen LogP contribution >= 0.6 is 0 Å². The Morgan fingerprint density at radius 3 is 2.83 bits per heavy atom. The van der Waals surface area contributed by atoms with Crippen LogP contribution in [0.5, 0.6) is 5.75 Å². The zero-order valence-electron chi connectivity index (χ0n) is 11.2. The standard InChI is InChI=1S/C15H23NO2/c1-11(14-8-3-4-9-15(14)18-2)16-12-6-5-7-13(17)10-12/h3-4,8-9,11-13,16-17H,5-7,10H2,1-2H3. The molecule has 0 aromatic heterocycles. The van der Waals surface area contributed by atoms with E-state index < -0.39 is 0 Å². The molecule has 1 saturated carbocycles. The van der Waals surface area contributed by atoms with E-state index in [1.807, 2.05) is 18.2 Å². The molecule has 1 aliphatic carbocycles. The molecule has 100 valence electrons. The first-order chi connectivity index (χ1) is 8.70. The smallest absolute Gasteiger partial charge is 0.123 e. The number of rotatable bonds is 4. The highest BCUT2D eigenvalue weighted by Crippen LogP contribution is 2.27. The largest absolute Gasteiger partial charge is 0.496 e. The fourth-order valence-corrected chi connectivity index (χ4v) is 2.78. The molecule has 2 N–H and O–H groups in total. The molecule has 3 nitrogen and oxygen atoms in total. The topological polar surface area (TPSA) is 41.5 Å². The Morgan fingerprint density at radius 2 is 2.11 bits per heavy atom. The van der Waals surface area contributed by atoms with E-state index in [-0.39, 0.29) is 12.1 Å². The number of hydrogen-bond donors (Lipinski definition) is 2. The predicted octanol–water partition coefficient (Wildman–Crippen LogP) is 2.65. The molecular weight excluding hydrogens is 226 g/mol.